The molecule has 0 rings (SSSR count). The molecule has 0 radical (unpaired) electrons. The summed E-state index contributed by atoms with van der Waals surface area (Å²) in [6, 6.07) is 0. The number of hydrazine groups is 1. The Morgan fingerprint density at radius 3 is 1.56 bits per heavy atom. The molecule has 8 heteroatoms. The van der Waals surface area contributed by atoms with Crippen molar-refractivity contribution in [3.8, 4) is 0 Å². The zero-order valence-corrected chi connectivity index (χ0v) is 9.10. The van der Waals surface area contributed by atoms with Crippen LogP contribution in [0.3, 0.4) is 0 Å². The fourth-order valence-electron chi connectivity index (χ4n) is 0.601. The molecule has 0 aromatic carbocycles. The maximum Gasteiger partial charge on any atom is 0.426 e. The highest BCUT2D eigenvalue weighted by atomic mass is 16.6. The van der Waals surface area contributed by atoms with E-state index in [2.05, 4.69) is 9.47 Å². The quantitative estimate of drug-likeness (QED) is 0.471. The molecule has 0 fully saturated rings. The smallest absolute Gasteiger partial charge is 0.426 e. The van der Waals surface area contributed by atoms with Crippen molar-refractivity contribution in [2.45, 2.75) is 26.1 Å². The number of aliphatic hydroxyl groups is 2. The molecule has 0 heterocycles. The molecule has 0 aromatic heterocycles. The maximum absolute atomic E-state index is 10.9. The topological polar surface area (TPSA) is 117 Å². The van der Waals surface area contributed by atoms with Crippen LogP contribution in [0, 0.1) is 0 Å². The predicted octanol–water partition coefficient (Wildman–Crippen LogP) is -0.885. The highest BCUT2D eigenvalue weighted by Gasteiger charge is 2.11. The van der Waals surface area contributed by atoms with Gasteiger partial charge in [0.05, 0.1) is 13.2 Å². The molecular weight excluding hydrogens is 220 g/mol. The summed E-state index contributed by atoms with van der Waals surface area (Å²) in [7, 11) is 0. The average molecular weight is 236 g/mol. The summed E-state index contributed by atoms with van der Waals surface area (Å²) >= 11 is 0. The molecule has 0 aliphatic rings. The molecule has 0 spiro atoms. The Bertz CT molecular complexity index is 211. The van der Waals surface area contributed by atoms with Crippen molar-refractivity contribution in [3.63, 3.8) is 0 Å². The summed E-state index contributed by atoms with van der Waals surface area (Å²) in [6.07, 6.45) is -3.19. The average Bonchev–Trinajstić information content (AvgIpc) is 2.26. The van der Waals surface area contributed by atoms with Gasteiger partial charge >= 0.3 is 12.2 Å². The molecule has 94 valence electrons. The van der Waals surface area contributed by atoms with E-state index in [1.807, 2.05) is 10.9 Å². The van der Waals surface area contributed by atoms with Gasteiger partial charge in [-0.2, -0.15) is 0 Å². The van der Waals surface area contributed by atoms with Crippen molar-refractivity contribution in [3.05, 3.63) is 0 Å². The van der Waals surface area contributed by atoms with Gasteiger partial charge in [-0.15, -0.1) is 0 Å². The third kappa shape index (κ3) is 6.85. The highest BCUT2D eigenvalue weighted by Crippen LogP contribution is 1.90. The van der Waals surface area contributed by atoms with E-state index in [1.54, 1.807) is 0 Å². The number of ether oxygens (including phenoxy) is 2. The maximum atomic E-state index is 10.9. The zero-order valence-electron chi connectivity index (χ0n) is 9.10. The monoisotopic (exact) mass is 236 g/mol. The van der Waals surface area contributed by atoms with E-state index in [0.29, 0.717) is 0 Å². The Labute approximate surface area is 92.5 Å². The van der Waals surface area contributed by atoms with Crippen molar-refractivity contribution >= 4 is 12.2 Å². The molecule has 4 N–H and O–H groups in total. The minimum Gasteiger partial charge on any atom is -0.443 e. The third-order valence-electron chi connectivity index (χ3n) is 1.40. The Morgan fingerprint density at radius 1 is 1.00 bits per heavy atom. The van der Waals surface area contributed by atoms with E-state index < -0.39 is 24.4 Å². The fraction of sp³-hybridized carbons (Fsp3) is 0.750. The first-order valence-electron chi connectivity index (χ1n) is 4.64. The van der Waals surface area contributed by atoms with Crippen molar-refractivity contribution in [2.75, 3.05) is 13.2 Å². The first-order chi connectivity index (χ1) is 7.49. The van der Waals surface area contributed by atoms with Gasteiger partial charge in [0.15, 0.2) is 0 Å². The summed E-state index contributed by atoms with van der Waals surface area (Å²) in [5, 5.41) is 17.1. The lowest BCUT2D eigenvalue weighted by Crippen LogP contribution is -2.44. The van der Waals surface area contributed by atoms with Crippen molar-refractivity contribution in [2.24, 2.45) is 0 Å². The summed E-state index contributed by atoms with van der Waals surface area (Å²) < 4.78 is 9.12. The van der Waals surface area contributed by atoms with Crippen molar-refractivity contribution in [1.82, 2.24) is 10.9 Å². The highest BCUT2D eigenvalue weighted by molar-refractivity contribution is 5.73. The van der Waals surface area contributed by atoms with E-state index in [9.17, 15) is 9.59 Å². The van der Waals surface area contributed by atoms with Gasteiger partial charge in [0, 0.05) is 0 Å². The van der Waals surface area contributed by atoms with Crippen LogP contribution in [0.4, 0.5) is 9.59 Å². The van der Waals surface area contributed by atoms with Crippen LogP contribution in [0.15, 0.2) is 0 Å². The SMILES string of the molecule is CC(CO)OC(=O)NNC(=O)OC(C)CO. The molecule has 2 amide bonds. The normalized spacial score (nSPS) is 13.5. The third-order valence-corrected chi connectivity index (χ3v) is 1.40. The second-order valence-electron chi connectivity index (χ2n) is 3.05. The van der Waals surface area contributed by atoms with Crippen LogP contribution in [0.25, 0.3) is 0 Å². The summed E-state index contributed by atoms with van der Waals surface area (Å²) in [5.41, 5.74) is 3.80. The van der Waals surface area contributed by atoms with Gasteiger partial charge in [-0.05, 0) is 13.8 Å². The number of carbonyl (C=O) groups excluding carboxylic acids is 2. The second-order valence-corrected chi connectivity index (χ2v) is 3.05. The molecule has 0 aliphatic carbocycles. The number of amides is 2. The molecule has 0 saturated carbocycles. The van der Waals surface area contributed by atoms with Crippen molar-refractivity contribution in [1.29, 1.82) is 0 Å². The van der Waals surface area contributed by atoms with Crippen LogP contribution in [0.5, 0.6) is 0 Å². The van der Waals surface area contributed by atoms with E-state index in [0.717, 1.165) is 0 Å². The largest absolute Gasteiger partial charge is 0.443 e. The van der Waals surface area contributed by atoms with E-state index in [1.165, 1.54) is 13.8 Å². The summed E-state index contributed by atoms with van der Waals surface area (Å²) in [6.45, 7) is 2.32. The van der Waals surface area contributed by atoms with Crippen LogP contribution >= 0.6 is 0 Å². The Kier molecular flexibility index (Phi) is 6.97. The number of carbonyl (C=O) groups is 2. The minimum atomic E-state index is -0.921. The number of nitrogens with one attached hydrogen (secondary N) is 2. The predicted molar refractivity (Wildman–Crippen MR) is 52.3 cm³/mol. The molecule has 0 saturated heterocycles. The first-order valence-corrected chi connectivity index (χ1v) is 4.64. The number of hydrogen-bond acceptors (Lipinski definition) is 6. The molecule has 0 aromatic rings. The molecule has 0 aliphatic heterocycles. The molecule has 2 atom stereocenters. The Morgan fingerprint density at radius 2 is 1.31 bits per heavy atom. The van der Waals surface area contributed by atoms with Gasteiger partial charge in [-0.3, -0.25) is 0 Å². The lowest BCUT2D eigenvalue weighted by molar-refractivity contribution is 0.0539. The van der Waals surface area contributed by atoms with Crippen LogP contribution in [-0.4, -0.2) is 47.8 Å². The number of aliphatic hydroxyl groups excluding tert-OH is 2. The van der Waals surface area contributed by atoms with Gasteiger partial charge in [0.1, 0.15) is 12.2 Å². The van der Waals surface area contributed by atoms with Gasteiger partial charge < -0.3 is 19.7 Å². The summed E-state index contributed by atoms with van der Waals surface area (Å²) in [4.78, 5) is 21.8. The number of hydrogen-bond donors (Lipinski definition) is 4. The molecule has 16 heavy (non-hydrogen) atoms. The lowest BCUT2D eigenvalue weighted by atomic mass is 10.4. The fourth-order valence-corrected chi connectivity index (χ4v) is 0.601. The lowest BCUT2D eigenvalue weighted by Gasteiger charge is -2.13. The van der Waals surface area contributed by atoms with E-state index >= 15 is 0 Å². The standard InChI is InChI=1S/C8H16N2O6/c1-5(3-11)15-7(13)9-10-8(14)16-6(2)4-12/h5-6,11-12H,3-4H2,1-2H3,(H,9,13)(H,10,14). The van der Waals surface area contributed by atoms with Gasteiger partial charge in [-0.25, -0.2) is 20.4 Å². The van der Waals surface area contributed by atoms with E-state index in [-0.39, 0.29) is 13.2 Å². The van der Waals surface area contributed by atoms with Gasteiger partial charge in [-0.1, -0.05) is 0 Å². The van der Waals surface area contributed by atoms with Crippen LogP contribution in [0.1, 0.15) is 13.8 Å². The Hall–Kier alpha value is -1.54. The summed E-state index contributed by atoms with van der Waals surface area (Å²) in [5.74, 6) is 0. The zero-order chi connectivity index (χ0) is 12.6. The van der Waals surface area contributed by atoms with Crippen LogP contribution in [-0.2, 0) is 9.47 Å². The minimum absolute atomic E-state index is 0.320. The van der Waals surface area contributed by atoms with Gasteiger partial charge in [0.25, 0.3) is 0 Å². The first kappa shape index (κ1) is 14.5. The Balaban J connectivity index is 3.71. The number of rotatable bonds is 4. The molecular formula is C8H16N2O6. The second kappa shape index (κ2) is 7.71. The molecule has 8 nitrogen and oxygen atoms in total. The van der Waals surface area contributed by atoms with Crippen LogP contribution in [0.2, 0.25) is 0 Å². The van der Waals surface area contributed by atoms with E-state index in [4.69, 9.17) is 10.2 Å². The van der Waals surface area contributed by atoms with Gasteiger partial charge in [0.2, 0.25) is 0 Å². The molecule has 0 bridgehead atoms. The van der Waals surface area contributed by atoms with Crippen molar-refractivity contribution < 1.29 is 29.3 Å². The van der Waals surface area contributed by atoms with Crippen LogP contribution < -0.4 is 10.9 Å². The molecule has 2 unspecified atom stereocenters.